The maximum Gasteiger partial charge on any atom is 0.141 e. The Balaban J connectivity index is 2.05. The molecule has 0 saturated carbocycles. The molecular weight excluding hydrogens is 300 g/mol. The van der Waals surface area contributed by atoms with E-state index in [9.17, 15) is 4.79 Å². The summed E-state index contributed by atoms with van der Waals surface area (Å²) in [7, 11) is 0. The van der Waals surface area contributed by atoms with Crippen molar-refractivity contribution < 1.29 is 4.79 Å². The summed E-state index contributed by atoms with van der Waals surface area (Å²) in [4.78, 5) is 12.1. The molecule has 98 valence electrons. The molecule has 0 atom stereocenters. The molecule has 0 bridgehead atoms. The van der Waals surface area contributed by atoms with Crippen LogP contribution in [0.15, 0.2) is 46.9 Å². The van der Waals surface area contributed by atoms with Gasteiger partial charge in [-0.15, -0.1) is 0 Å². The summed E-state index contributed by atoms with van der Waals surface area (Å²) in [6.07, 6.45) is 1.02. The number of ketones is 1. The van der Waals surface area contributed by atoms with E-state index in [1.54, 1.807) is 0 Å². The molecule has 0 spiro atoms. The van der Waals surface area contributed by atoms with Gasteiger partial charge in [-0.2, -0.15) is 0 Å². The Morgan fingerprint density at radius 1 is 1.00 bits per heavy atom. The van der Waals surface area contributed by atoms with E-state index in [2.05, 4.69) is 48.0 Å². The molecule has 19 heavy (non-hydrogen) atoms. The summed E-state index contributed by atoms with van der Waals surface area (Å²) in [6, 6.07) is 14.2. The quantitative estimate of drug-likeness (QED) is 0.816. The van der Waals surface area contributed by atoms with E-state index >= 15 is 0 Å². The van der Waals surface area contributed by atoms with Crippen LogP contribution in [0.25, 0.3) is 0 Å². The Bertz CT molecular complexity index is 585. The number of hydrogen-bond acceptors (Lipinski definition) is 1. The Morgan fingerprint density at radius 2 is 1.68 bits per heavy atom. The van der Waals surface area contributed by atoms with E-state index in [0.29, 0.717) is 12.8 Å². The molecule has 0 aliphatic carbocycles. The summed E-state index contributed by atoms with van der Waals surface area (Å²) < 4.78 is 1.04. The number of halogens is 1. The maximum absolute atomic E-state index is 12.1. The van der Waals surface area contributed by atoms with Crippen LogP contribution in [0.5, 0.6) is 0 Å². The zero-order valence-electron chi connectivity index (χ0n) is 11.2. The first-order valence-electron chi connectivity index (χ1n) is 6.37. The second-order valence-electron chi connectivity index (χ2n) is 4.95. The highest BCUT2D eigenvalue weighted by atomic mass is 79.9. The number of aryl methyl sites for hydroxylation is 2. The largest absolute Gasteiger partial charge is 0.299 e. The van der Waals surface area contributed by atoms with Crippen LogP contribution in [-0.2, 0) is 17.6 Å². The van der Waals surface area contributed by atoms with Crippen LogP contribution in [-0.4, -0.2) is 5.78 Å². The monoisotopic (exact) mass is 316 g/mol. The van der Waals surface area contributed by atoms with Crippen molar-refractivity contribution in [1.82, 2.24) is 0 Å². The van der Waals surface area contributed by atoms with Gasteiger partial charge in [-0.3, -0.25) is 4.79 Å². The molecule has 2 rings (SSSR count). The number of carbonyl (C=O) groups is 1. The van der Waals surface area contributed by atoms with E-state index in [4.69, 9.17) is 0 Å². The molecule has 0 aliphatic heterocycles. The smallest absolute Gasteiger partial charge is 0.141 e. The lowest BCUT2D eigenvalue weighted by atomic mass is 9.98. The molecule has 0 N–H and O–H groups in total. The highest BCUT2D eigenvalue weighted by Crippen LogP contribution is 2.14. The molecular formula is C17H17BrO. The lowest BCUT2D eigenvalue weighted by Gasteiger charge is -2.07. The van der Waals surface area contributed by atoms with E-state index in [1.807, 2.05) is 24.3 Å². The lowest BCUT2D eigenvalue weighted by molar-refractivity contribution is -0.117. The Hall–Kier alpha value is -1.41. The molecule has 2 aromatic rings. The van der Waals surface area contributed by atoms with Crippen LogP contribution in [0.2, 0.25) is 0 Å². The van der Waals surface area contributed by atoms with Gasteiger partial charge in [-0.05, 0) is 42.7 Å². The van der Waals surface area contributed by atoms with Crippen LogP contribution in [0.4, 0.5) is 0 Å². The van der Waals surface area contributed by atoms with Crippen molar-refractivity contribution in [3.8, 4) is 0 Å². The van der Waals surface area contributed by atoms with Crippen molar-refractivity contribution in [1.29, 1.82) is 0 Å². The number of benzene rings is 2. The van der Waals surface area contributed by atoms with Gasteiger partial charge >= 0.3 is 0 Å². The maximum atomic E-state index is 12.1. The molecule has 0 unspecified atom stereocenters. The molecule has 0 fully saturated rings. The van der Waals surface area contributed by atoms with Crippen molar-refractivity contribution in [3.05, 3.63) is 69.2 Å². The molecule has 1 nitrogen and oxygen atoms in total. The molecule has 0 heterocycles. The zero-order chi connectivity index (χ0) is 13.8. The minimum atomic E-state index is 0.260. The molecule has 0 aliphatic rings. The number of hydrogen-bond donors (Lipinski definition) is 0. The summed E-state index contributed by atoms with van der Waals surface area (Å²) in [5.41, 5.74) is 4.60. The van der Waals surface area contributed by atoms with Crippen molar-refractivity contribution >= 4 is 21.7 Å². The van der Waals surface area contributed by atoms with Gasteiger partial charge in [0, 0.05) is 17.3 Å². The predicted octanol–water partition coefficient (Wildman–Crippen LogP) is 4.42. The first kappa shape index (κ1) is 14.0. The third-order valence-corrected chi connectivity index (χ3v) is 3.74. The van der Waals surface area contributed by atoms with Gasteiger partial charge < -0.3 is 0 Å². The fourth-order valence-electron chi connectivity index (χ4n) is 2.10. The SMILES string of the molecule is Cc1ccc(C)c(CC(=O)Cc2ccc(Br)cc2)c1. The van der Waals surface area contributed by atoms with Crippen molar-refractivity contribution in [2.24, 2.45) is 0 Å². The third kappa shape index (κ3) is 4.03. The highest BCUT2D eigenvalue weighted by Gasteiger charge is 2.07. The minimum absolute atomic E-state index is 0.260. The van der Waals surface area contributed by atoms with Crippen molar-refractivity contribution in [3.63, 3.8) is 0 Å². The zero-order valence-corrected chi connectivity index (χ0v) is 12.8. The van der Waals surface area contributed by atoms with Crippen LogP contribution in [0.3, 0.4) is 0 Å². The second kappa shape index (κ2) is 6.16. The van der Waals surface area contributed by atoms with Gasteiger partial charge in [-0.25, -0.2) is 0 Å². The lowest BCUT2D eigenvalue weighted by Crippen LogP contribution is -2.07. The summed E-state index contributed by atoms with van der Waals surface area (Å²) in [5, 5.41) is 0. The first-order valence-corrected chi connectivity index (χ1v) is 7.16. The molecule has 0 aromatic heterocycles. The molecule has 2 heteroatoms. The van der Waals surface area contributed by atoms with Crippen molar-refractivity contribution in [2.75, 3.05) is 0 Å². The van der Waals surface area contributed by atoms with E-state index in [0.717, 1.165) is 15.6 Å². The second-order valence-corrected chi connectivity index (χ2v) is 5.86. The average Bonchev–Trinajstić information content (AvgIpc) is 2.37. The Labute approximate surface area is 122 Å². The normalized spacial score (nSPS) is 10.5. The number of rotatable bonds is 4. The van der Waals surface area contributed by atoms with Gasteiger partial charge in [0.2, 0.25) is 0 Å². The Morgan fingerprint density at radius 3 is 2.37 bits per heavy atom. The van der Waals surface area contributed by atoms with Gasteiger partial charge in [-0.1, -0.05) is 51.8 Å². The van der Waals surface area contributed by atoms with Gasteiger partial charge in [0.15, 0.2) is 0 Å². The third-order valence-electron chi connectivity index (χ3n) is 3.21. The van der Waals surface area contributed by atoms with Gasteiger partial charge in [0.1, 0.15) is 5.78 Å². The molecule has 0 saturated heterocycles. The Kier molecular flexibility index (Phi) is 4.54. The number of Topliss-reactive ketones (excluding diaryl/α,β-unsaturated/α-hetero) is 1. The van der Waals surface area contributed by atoms with Crippen LogP contribution >= 0.6 is 15.9 Å². The highest BCUT2D eigenvalue weighted by molar-refractivity contribution is 9.10. The topological polar surface area (TPSA) is 17.1 Å². The molecule has 0 radical (unpaired) electrons. The predicted molar refractivity (Wildman–Crippen MR) is 82.5 cm³/mol. The molecule has 0 amide bonds. The fraction of sp³-hybridized carbons (Fsp3) is 0.235. The van der Waals surface area contributed by atoms with Crippen molar-refractivity contribution in [2.45, 2.75) is 26.7 Å². The van der Waals surface area contributed by atoms with E-state index < -0.39 is 0 Å². The summed E-state index contributed by atoms with van der Waals surface area (Å²) >= 11 is 3.40. The van der Waals surface area contributed by atoms with E-state index in [-0.39, 0.29) is 5.78 Å². The van der Waals surface area contributed by atoms with Gasteiger partial charge in [0.05, 0.1) is 0 Å². The standard InChI is InChI=1S/C17H17BrO/c1-12-3-4-13(2)15(9-12)11-17(19)10-14-5-7-16(18)8-6-14/h3-9H,10-11H2,1-2H3. The minimum Gasteiger partial charge on any atom is -0.299 e. The first-order chi connectivity index (χ1) is 9.04. The van der Waals surface area contributed by atoms with Gasteiger partial charge in [0.25, 0.3) is 0 Å². The number of carbonyl (C=O) groups excluding carboxylic acids is 1. The van der Waals surface area contributed by atoms with Crippen LogP contribution in [0, 0.1) is 13.8 Å². The summed E-state index contributed by atoms with van der Waals surface area (Å²) in [5.74, 6) is 0.260. The van der Waals surface area contributed by atoms with E-state index in [1.165, 1.54) is 11.1 Å². The fourth-order valence-corrected chi connectivity index (χ4v) is 2.36. The summed E-state index contributed by atoms with van der Waals surface area (Å²) in [6.45, 7) is 4.11. The van der Waals surface area contributed by atoms with Crippen LogP contribution in [0.1, 0.15) is 22.3 Å². The average molecular weight is 317 g/mol. The molecule has 2 aromatic carbocycles. The van der Waals surface area contributed by atoms with Crippen LogP contribution < -0.4 is 0 Å².